The van der Waals surface area contributed by atoms with Gasteiger partial charge in [-0.05, 0) is 66.0 Å². The van der Waals surface area contributed by atoms with Gasteiger partial charge in [0.05, 0.1) is 6.42 Å². The number of carbonyl (C=O) groups is 2. The molecule has 1 aliphatic carbocycles. The number of hydrogen-bond donors (Lipinski definition) is 2. The van der Waals surface area contributed by atoms with Crippen LogP contribution in [0.5, 0.6) is 0 Å². The van der Waals surface area contributed by atoms with Gasteiger partial charge >= 0.3 is 11.8 Å². The summed E-state index contributed by atoms with van der Waals surface area (Å²) in [5, 5.41) is 4.64. The maximum absolute atomic E-state index is 13.8. The van der Waals surface area contributed by atoms with E-state index in [-0.39, 0.29) is 34.5 Å². The summed E-state index contributed by atoms with van der Waals surface area (Å²) in [6.07, 6.45) is 8.09. The van der Waals surface area contributed by atoms with E-state index >= 15 is 0 Å². The zero-order valence-electron chi connectivity index (χ0n) is 18.7. The summed E-state index contributed by atoms with van der Waals surface area (Å²) in [6, 6.07) is 0.375. The quantitative estimate of drug-likeness (QED) is 0.405. The number of quaternary nitrogens is 1. The zero-order chi connectivity index (χ0) is 21.5. The first-order valence-corrected chi connectivity index (χ1v) is 11.5. The Labute approximate surface area is 179 Å². The van der Waals surface area contributed by atoms with Crippen LogP contribution in [-0.2, 0) is 9.59 Å². The van der Waals surface area contributed by atoms with Crippen molar-refractivity contribution < 1.29 is 14.1 Å². The van der Waals surface area contributed by atoms with Gasteiger partial charge in [-0.25, -0.2) is 9.59 Å². The van der Waals surface area contributed by atoms with E-state index in [9.17, 15) is 9.59 Å². The molecule has 4 rings (SSSR count). The van der Waals surface area contributed by atoms with E-state index in [4.69, 9.17) is 5.73 Å². The summed E-state index contributed by atoms with van der Waals surface area (Å²) >= 11 is 0. The van der Waals surface area contributed by atoms with Crippen molar-refractivity contribution in [2.45, 2.75) is 76.5 Å². The third kappa shape index (κ3) is 3.48. The fraction of sp³-hybridized carbons (Fsp3) is 0.773. The summed E-state index contributed by atoms with van der Waals surface area (Å²) in [7, 11) is 3.91. The fourth-order valence-electron chi connectivity index (χ4n) is 5.65. The second kappa shape index (κ2) is 8.40. The lowest BCUT2D eigenvalue weighted by atomic mass is 9.90. The van der Waals surface area contributed by atoms with Crippen molar-refractivity contribution in [3.8, 4) is 0 Å². The number of rotatable bonds is 4. The monoisotopic (exact) mass is 417 g/mol. The molecule has 0 aromatic rings. The average Bonchev–Trinajstić information content (AvgIpc) is 2.68. The Morgan fingerprint density at radius 3 is 2.40 bits per heavy atom. The second-order valence-corrected chi connectivity index (χ2v) is 9.67. The Kier molecular flexibility index (Phi) is 6.01. The minimum atomic E-state index is -0.157. The molecule has 30 heavy (non-hydrogen) atoms. The Morgan fingerprint density at radius 2 is 1.80 bits per heavy atom. The molecule has 4 aliphatic rings. The minimum Gasteiger partial charge on any atom is -0.363 e. The van der Waals surface area contributed by atoms with Crippen molar-refractivity contribution in [1.29, 1.82) is 0 Å². The van der Waals surface area contributed by atoms with Crippen LogP contribution in [0.1, 0.15) is 58.3 Å². The highest BCUT2D eigenvalue weighted by Crippen LogP contribution is 2.39. The van der Waals surface area contributed by atoms with E-state index in [0.29, 0.717) is 18.0 Å². The molecule has 8 nitrogen and oxygen atoms in total. The van der Waals surface area contributed by atoms with Gasteiger partial charge in [-0.2, -0.15) is 9.58 Å². The molecule has 3 aliphatic heterocycles. The van der Waals surface area contributed by atoms with Crippen molar-refractivity contribution in [2.75, 3.05) is 33.7 Å². The highest BCUT2D eigenvalue weighted by molar-refractivity contribution is 6.46. The van der Waals surface area contributed by atoms with E-state index in [1.807, 2.05) is 25.9 Å². The Hall–Kier alpha value is -1.77. The number of imide groups is 1. The molecule has 0 aromatic carbocycles. The number of hydrogen-bond acceptors (Lipinski definition) is 7. The maximum Gasteiger partial charge on any atom is 0.375 e. The van der Waals surface area contributed by atoms with Crippen LogP contribution < -0.4 is 11.2 Å². The lowest BCUT2D eigenvalue weighted by molar-refractivity contribution is -0.860. The topological polar surface area (TPSA) is 91.0 Å². The van der Waals surface area contributed by atoms with E-state index in [1.54, 1.807) is 0 Å². The van der Waals surface area contributed by atoms with E-state index in [0.717, 1.165) is 63.6 Å². The normalized spacial score (nSPS) is 36.6. The molecular weight excluding hydrogens is 380 g/mol. The predicted molar refractivity (Wildman–Crippen MR) is 116 cm³/mol. The SMILES string of the molecule is CC1=C(N2CCCCC2)C(=O)[N+]2(CCC2N(C)C)C(=O)/C1=N\NC1CCCC(N)C1. The van der Waals surface area contributed by atoms with Crippen LogP contribution in [0.2, 0.25) is 0 Å². The second-order valence-electron chi connectivity index (χ2n) is 9.67. The van der Waals surface area contributed by atoms with Gasteiger partial charge < -0.3 is 16.1 Å². The van der Waals surface area contributed by atoms with Gasteiger partial charge in [0.2, 0.25) is 0 Å². The first-order valence-electron chi connectivity index (χ1n) is 11.5. The molecule has 3 N–H and O–H groups in total. The van der Waals surface area contributed by atoms with Crippen LogP contribution in [0.25, 0.3) is 0 Å². The van der Waals surface area contributed by atoms with E-state index in [2.05, 4.69) is 15.4 Å². The third-order valence-electron chi connectivity index (χ3n) is 7.43. The first kappa shape index (κ1) is 21.5. The van der Waals surface area contributed by atoms with Crippen LogP contribution in [0.4, 0.5) is 0 Å². The summed E-state index contributed by atoms with van der Waals surface area (Å²) in [5.74, 6) is -0.196. The van der Waals surface area contributed by atoms with Crippen LogP contribution >= 0.6 is 0 Å². The standard InChI is InChI=1S/C22H36N6O2/c1-15-19(25-24-17-9-7-8-16(23)14-17)21(29)28(13-10-18(28)26(2)3)22(30)20(15)27-11-5-4-6-12-27/h16-18H,4-14,23H2,1-3H3/p+1. The molecule has 2 saturated heterocycles. The molecule has 166 valence electrons. The summed E-state index contributed by atoms with van der Waals surface area (Å²) < 4.78 is -0.138. The van der Waals surface area contributed by atoms with Gasteiger partial charge in [0.15, 0.2) is 11.9 Å². The highest BCUT2D eigenvalue weighted by Gasteiger charge is 2.64. The van der Waals surface area contributed by atoms with Crippen molar-refractivity contribution in [1.82, 2.24) is 15.2 Å². The summed E-state index contributed by atoms with van der Waals surface area (Å²) in [4.78, 5) is 31.7. The van der Waals surface area contributed by atoms with Crippen molar-refractivity contribution >= 4 is 17.5 Å². The number of nitrogens with two attached hydrogens (primary N) is 1. The van der Waals surface area contributed by atoms with Crippen molar-refractivity contribution in [3.05, 3.63) is 11.3 Å². The lowest BCUT2D eigenvalue weighted by Crippen LogP contribution is -2.78. The molecular formula is C22H37N6O2+. The van der Waals surface area contributed by atoms with Crippen LogP contribution in [-0.4, -0.2) is 83.8 Å². The molecule has 1 spiro atoms. The number of piperidine rings is 1. The average molecular weight is 418 g/mol. The lowest BCUT2D eigenvalue weighted by Gasteiger charge is -2.52. The number of carbonyl (C=O) groups excluding carboxylic acids is 2. The molecule has 1 saturated carbocycles. The molecule has 8 heteroatoms. The largest absolute Gasteiger partial charge is 0.375 e. The van der Waals surface area contributed by atoms with E-state index in [1.165, 1.54) is 6.42 Å². The molecule has 0 aromatic heterocycles. The smallest absolute Gasteiger partial charge is 0.363 e. The number of nitrogens with zero attached hydrogens (tertiary/aromatic N) is 4. The van der Waals surface area contributed by atoms with E-state index < -0.39 is 0 Å². The number of nitrogens with one attached hydrogen (secondary N) is 1. The van der Waals surface area contributed by atoms with Crippen LogP contribution in [0.3, 0.4) is 0 Å². The highest BCUT2D eigenvalue weighted by atomic mass is 16.2. The Bertz CT molecular complexity index is 770. The molecule has 2 amide bonds. The minimum absolute atomic E-state index is 0.0389. The zero-order valence-corrected chi connectivity index (χ0v) is 18.7. The molecule has 4 unspecified atom stereocenters. The van der Waals surface area contributed by atoms with Gasteiger partial charge in [0.25, 0.3) is 0 Å². The maximum atomic E-state index is 13.8. The Morgan fingerprint density at radius 1 is 1.07 bits per heavy atom. The number of hydrazone groups is 1. The molecule has 0 bridgehead atoms. The third-order valence-corrected chi connectivity index (χ3v) is 7.43. The van der Waals surface area contributed by atoms with Crippen molar-refractivity contribution in [3.63, 3.8) is 0 Å². The van der Waals surface area contributed by atoms with Crippen LogP contribution in [0.15, 0.2) is 16.4 Å². The molecule has 4 atom stereocenters. The fourth-order valence-corrected chi connectivity index (χ4v) is 5.65. The van der Waals surface area contributed by atoms with Crippen molar-refractivity contribution in [2.24, 2.45) is 10.8 Å². The number of amides is 2. The molecule has 3 fully saturated rings. The van der Waals surface area contributed by atoms with Gasteiger partial charge in [-0.15, -0.1) is 0 Å². The van der Waals surface area contributed by atoms with Gasteiger partial charge in [-0.1, -0.05) is 0 Å². The van der Waals surface area contributed by atoms with Gasteiger partial charge in [-0.3, -0.25) is 4.90 Å². The van der Waals surface area contributed by atoms with Gasteiger partial charge in [0, 0.05) is 30.7 Å². The molecule has 0 radical (unpaired) electrons. The molecule has 3 heterocycles. The first-order chi connectivity index (χ1) is 14.4. The summed E-state index contributed by atoms with van der Waals surface area (Å²) in [5.41, 5.74) is 11.2. The predicted octanol–water partition coefficient (Wildman–Crippen LogP) is 1.14. The number of likely N-dealkylation sites (tertiary alicyclic amines) is 1. The summed E-state index contributed by atoms with van der Waals surface area (Å²) in [6.45, 7) is 4.19. The van der Waals surface area contributed by atoms with Crippen LogP contribution in [0, 0.1) is 0 Å². The Balaban J connectivity index is 1.71. The van der Waals surface area contributed by atoms with Gasteiger partial charge in [0.1, 0.15) is 12.2 Å².